The topological polar surface area (TPSA) is 108 Å². The number of hydrogen-bond acceptors (Lipinski definition) is 7. The van der Waals surface area contributed by atoms with Gasteiger partial charge in [-0.05, 0) is 83.5 Å². The Bertz CT molecular complexity index is 1570. The van der Waals surface area contributed by atoms with Crippen LogP contribution in [0.3, 0.4) is 0 Å². The maximum Gasteiger partial charge on any atom is 0.472 e. The van der Waals surface area contributed by atoms with Gasteiger partial charge in [0.2, 0.25) is 0 Å². The number of phosphoric ester groups is 1. The summed E-state index contributed by atoms with van der Waals surface area (Å²) in [5, 5.41) is 0. The van der Waals surface area contributed by atoms with Crippen LogP contribution in [0.25, 0.3) is 0 Å². The van der Waals surface area contributed by atoms with Crippen LogP contribution in [0.1, 0.15) is 335 Å². The van der Waals surface area contributed by atoms with Gasteiger partial charge in [0.1, 0.15) is 19.8 Å². The molecule has 0 rings (SSSR count). The monoisotopic (exact) mass is 1170 g/mol. The summed E-state index contributed by atoms with van der Waals surface area (Å²) in [7, 11) is 1.48. The van der Waals surface area contributed by atoms with E-state index in [2.05, 4.69) is 74.6 Å². The predicted octanol–water partition coefficient (Wildman–Crippen LogP) is 22.6. The van der Waals surface area contributed by atoms with Crippen molar-refractivity contribution in [1.82, 2.24) is 0 Å². The molecule has 9 nitrogen and oxygen atoms in total. The Hall–Kier alpha value is -2.29. The first kappa shape index (κ1) is 79.7. The van der Waals surface area contributed by atoms with Crippen LogP contribution in [0.2, 0.25) is 0 Å². The highest BCUT2D eigenvalue weighted by atomic mass is 31.2. The molecule has 480 valence electrons. The fourth-order valence-corrected chi connectivity index (χ4v) is 10.9. The fraction of sp³-hybridized carbons (Fsp3) is 0.833. The van der Waals surface area contributed by atoms with Crippen LogP contribution >= 0.6 is 7.82 Å². The lowest BCUT2D eigenvalue weighted by Crippen LogP contribution is -2.37. The molecule has 0 saturated heterocycles. The SMILES string of the molecule is CCCCCCC/C=C\C/C=C\C/C=C\CCCCCCCCCCCCC(=O)OC(COC(=O)CCCCCCCCCCCCCCCCCCCCCCC/C=C\C/C=C\CCCCCCC)COP(=O)(O)OCC[N+](C)(C)C. The number of phosphoric acid groups is 1. The van der Waals surface area contributed by atoms with E-state index in [1.54, 1.807) is 0 Å². The number of allylic oxidation sites excluding steroid dienone is 10. The molecule has 0 bridgehead atoms. The first-order chi connectivity index (χ1) is 40.0. The third-order valence-electron chi connectivity index (χ3n) is 15.5. The molecule has 0 aliphatic heterocycles. The van der Waals surface area contributed by atoms with Gasteiger partial charge in [-0.1, -0.05) is 299 Å². The molecule has 0 spiro atoms. The lowest BCUT2D eigenvalue weighted by molar-refractivity contribution is -0.870. The zero-order valence-electron chi connectivity index (χ0n) is 54.7. The number of carbonyl (C=O) groups is 2. The van der Waals surface area contributed by atoms with Crippen molar-refractivity contribution in [2.75, 3.05) is 47.5 Å². The van der Waals surface area contributed by atoms with Crippen molar-refractivity contribution in [3.63, 3.8) is 0 Å². The minimum atomic E-state index is -4.39. The summed E-state index contributed by atoms with van der Waals surface area (Å²) >= 11 is 0. The molecular formula is C72H135NO8P+. The van der Waals surface area contributed by atoms with Crippen molar-refractivity contribution in [3.05, 3.63) is 60.8 Å². The Morgan fingerprint density at radius 3 is 0.976 bits per heavy atom. The Labute approximate surface area is 508 Å². The van der Waals surface area contributed by atoms with Crippen molar-refractivity contribution in [1.29, 1.82) is 0 Å². The Morgan fingerprint density at radius 1 is 0.378 bits per heavy atom. The van der Waals surface area contributed by atoms with E-state index >= 15 is 0 Å². The standard InChI is InChI=1S/C72H134NO8P/c1-6-8-10-12-14-16-18-20-22-24-26-28-30-32-33-34-35-36-37-38-39-41-42-44-46-48-50-52-54-56-58-60-62-64-71(74)78-68-70(69-80-82(76,77)79-67-66-73(3,4)5)81-72(75)65-63-61-59-57-55-53-51-49-47-45-43-40-31-29-27-25-23-21-19-17-15-13-11-9-7-2/h18-21,24-27,31,40,70H,6-17,22-23,28-30,32-39,41-69H2,1-5H3/p+1/b20-18-,21-19-,26-24-,27-25-,40-31-. The highest BCUT2D eigenvalue weighted by Crippen LogP contribution is 2.43. The van der Waals surface area contributed by atoms with E-state index < -0.39 is 26.5 Å². The summed E-state index contributed by atoms with van der Waals surface area (Å²) in [6.07, 6.45) is 83.2. The highest BCUT2D eigenvalue weighted by molar-refractivity contribution is 7.47. The van der Waals surface area contributed by atoms with Gasteiger partial charge < -0.3 is 18.9 Å². The fourth-order valence-electron chi connectivity index (χ4n) is 10.1. The molecule has 82 heavy (non-hydrogen) atoms. The number of esters is 2. The van der Waals surface area contributed by atoms with E-state index in [0.717, 1.165) is 57.8 Å². The molecule has 0 aliphatic carbocycles. The molecule has 1 N–H and O–H groups in total. The number of unbranched alkanes of at least 4 members (excludes halogenated alkanes) is 41. The minimum absolute atomic E-state index is 0.0309. The Balaban J connectivity index is 4.01. The van der Waals surface area contributed by atoms with Crippen LogP contribution in [-0.2, 0) is 32.7 Å². The van der Waals surface area contributed by atoms with Gasteiger partial charge in [0.15, 0.2) is 6.10 Å². The number of nitrogens with zero attached hydrogens (tertiary/aromatic N) is 1. The smallest absolute Gasteiger partial charge is 0.462 e. The van der Waals surface area contributed by atoms with Crippen LogP contribution in [0.4, 0.5) is 0 Å². The van der Waals surface area contributed by atoms with Crippen molar-refractivity contribution in [2.24, 2.45) is 0 Å². The molecule has 0 aromatic rings. The second kappa shape index (κ2) is 63.2. The van der Waals surface area contributed by atoms with Crippen molar-refractivity contribution in [3.8, 4) is 0 Å². The van der Waals surface area contributed by atoms with Gasteiger partial charge in [-0.15, -0.1) is 0 Å². The summed E-state index contributed by atoms with van der Waals surface area (Å²) in [5.74, 6) is -0.788. The first-order valence-corrected chi connectivity index (χ1v) is 36.5. The number of carbonyl (C=O) groups excluding carboxylic acids is 2. The third kappa shape index (κ3) is 66.8. The van der Waals surface area contributed by atoms with Crippen molar-refractivity contribution >= 4 is 19.8 Å². The molecule has 0 aliphatic rings. The van der Waals surface area contributed by atoms with E-state index in [9.17, 15) is 19.0 Å². The molecule has 0 radical (unpaired) electrons. The third-order valence-corrected chi connectivity index (χ3v) is 16.5. The number of quaternary nitrogens is 1. The molecule has 0 aromatic carbocycles. The summed E-state index contributed by atoms with van der Waals surface area (Å²) in [5.41, 5.74) is 0. The maximum absolute atomic E-state index is 12.9. The van der Waals surface area contributed by atoms with E-state index in [1.807, 2.05) is 21.1 Å². The van der Waals surface area contributed by atoms with Crippen LogP contribution in [0.5, 0.6) is 0 Å². The Morgan fingerprint density at radius 2 is 0.659 bits per heavy atom. The predicted molar refractivity (Wildman–Crippen MR) is 353 cm³/mol. The van der Waals surface area contributed by atoms with E-state index in [4.69, 9.17) is 18.5 Å². The molecule has 0 heterocycles. The zero-order chi connectivity index (χ0) is 59.8. The number of ether oxygens (including phenoxy) is 2. The molecule has 10 heteroatoms. The lowest BCUT2D eigenvalue weighted by Gasteiger charge is -2.24. The van der Waals surface area contributed by atoms with Crippen LogP contribution < -0.4 is 0 Å². The van der Waals surface area contributed by atoms with E-state index in [-0.39, 0.29) is 25.6 Å². The normalized spacial score (nSPS) is 13.5. The zero-order valence-corrected chi connectivity index (χ0v) is 55.6. The summed E-state index contributed by atoms with van der Waals surface area (Å²) in [6, 6.07) is 0. The first-order valence-electron chi connectivity index (χ1n) is 35.0. The van der Waals surface area contributed by atoms with Gasteiger partial charge in [0, 0.05) is 12.8 Å². The van der Waals surface area contributed by atoms with Gasteiger partial charge in [-0.25, -0.2) is 4.57 Å². The highest BCUT2D eigenvalue weighted by Gasteiger charge is 2.27. The van der Waals surface area contributed by atoms with Gasteiger partial charge in [0.05, 0.1) is 27.7 Å². The number of rotatable bonds is 65. The van der Waals surface area contributed by atoms with E-state index in [1.165, 1.54) is 244 Å². The molecule has 0 saturated carbocycles. The second-order valence-corrected chi connectivity index (χ2v) is 26.4. The van der Waals surface area contributed by atoms with Gasteiger partial charge in [-0.2, -0.15) is 0 Å². The van der Waals surface area contributed by atoms with Crippen molar-refractivity contribution in [2.45, 2.75) is 341 Å². The van der Waals surface area contributed by atoms with E-state index in [0.29, 0.717) is 23.9 Å². The summed E-state index contributed by atoms with van der Waals surface area (Å²) in [4.78, 5) is 35.9. The molecule has 2 unspecified atom stereocenters. The number of hydrogen-bond donors (Lipinski definition) is 1. The number of likely N-dealkylation sites (N-methyl/N-ethyl adjacent to an activating group) is 1. The van der Waals surface area contributed by atoms with Gasteiger partial charge in [0.25, 0.3) is 0 Å². The Kier molecular flexibility index (Phi) is 61.5. The average Bonchev–Trinajstić information content (AvgIpc) is 3.46. The van der Waals surface area contributed by atoms with Crippen molar-refractivity contribution < 1.29 is 42.1 Å². The molecule has 0 amide bonds. The average molecular weight is 1170 g/mol. The lowest BCUT2D eigenvalue weighted by atomic mass is 10.0. The van der Waals surface area contributed by atoms with Crippen LogP contribution in [0.15, 0.2) is 60.8 Å². The van der Waals surface area contributed by atoms with Crippen LogP contribution in [0, 0.1) is 0 Å². The second-order valence-electron chi connectivity index (χ2n) is 24.9. The molecule has 0 fully saturated rings. The largest absolute Gasteiger partial charge is 0.472 e. The van der Waals surface area contributed by atoms with Gasteiger partial charge in [-0.3, -0.25) is 18.6 Å². The molecule has 0 aromatic heterocycles. The quantitative estimate of drug-likeness (QED) is 0.0211. The summed E-state index contributed by atoms with van der Waals surface area (Å²) < 4.78 is 34.7. The summed E-state index contributed by atoms with van der Waals surface area (Å²) in [6.45, 7) is 4.45. The maximum atomic E-state index is 12.9. The minimum Gasteiger partial charge on any atom is -0.462 e. The molecule has 2 atom stereocenters. The van der Waals surface area contributed by atoms with Crippen LogP contribution in [-0.4, -0.2) is 74.9 Å². The molecular weight excluding hydrogens is 1040 g/mol. The van der Waals surface area contributed by atoms with Gasteiger partial charge >= 0.3 is 19.8 Å².